The number of hydrogen-bond donors (Lipinski definition) is 0. The summed E-state index contributed by atoms with van der Waals surface area (Å²) in [5, 5.41) is 0. The normalized spacial score (nSPS) is 28.7. The Morgan fingerprint density at radius 2 is 1.49 bits per heavy atom. The minimum Gasteiger partial charge on any atom is -0.179 e. The standard InChI is InChI=1S/C18H25.C13H9.C7H6.Zr/c1-12-3-13(2)17(4-12)11-18-8-14-5-15(9-18)7-16(6-14)10-18;1-3-7-12-10(5-1)9-11-6-2-4-8-13(11)12;1-7-5-3-2-4-6-7;/h4,12,14-16H,5-11H2,1-2H3;1-5,7-8H,9H2;1-6H;/q2*-1;;+2. The van der Waals surface area contributed by atoms with Gasteiger partial charge in [-0.3, -0.25) is 6.08 Å². The molecule has 0 amide bonds. The molecule has 6 aliphatic carbocycles. The smallest absolute Gasteiger partial charge is 0.0253 e. The van der Waals surface area contributed by atoms with Crippen molar-refractivity contribution in [1.29, 1.82) is 0 Å². The average molecular weight is 588 g/mol. The molecule has 0 radical (unpaired) electrons. The Morgan fingerprint density at radius 3 is 2.10 bits per heavy atom. The van der Waals surface area contributed by atoms with Crippen molar-refractivity contribution in [3.8, 4) is 11.1 Å². The maximum Gasteiger partial charge on any atom is -0.0253 e. The molecule has 4 fully saturated rings. The Bertz CT molecular complexity index is 1300. The van der Waals surface area contributed by atoms with E-state index in [2.05, 4.69) is 96.4 Å². The van der Waals surface area contributed by atoms with Gasteiger partial charge in [0.2, 0.25) is 0 Å². The molecule has 196 valence electrons. The molecule has 0 spiro atoms. The predicted octanol–water partition coefficient (Wildman–Crippen LogP) is 9.36. The van der Waals surface area contributed by atoms with Crippen molar-refractivity contribution in [1.82, 2.24) is 0 Å². The summed E-state index contributed by atoms with van der Waals surface area (Å²) in [7, 11) is 0. The maximum atomic E-state index is 3.57. The van der Waals surface area contributed by atoms with Crippen LogP contribution in [0.25, 0.3) is 11.1 Å². The number of rotatable bonds is 3. The van der Waals surface area contributed by atoms with E-state index in [1.807, 2.05) is 12.1 Å². The van der Waals surface area contributed by atoms with E-state index in [1.54, 1.807) is 44.1 Å². The maximum absolute atomic E-state index is 3.57. The molecular weight excluding hydrogens is 548 g/mol. The summed E-state index contributed by atoms with van der Waals surface area (Å²) < 4.78 is 2.17. The van der Waals surface area contributed by atoms with Crippen molar-refractivity contribution in [3.05, 3.63) is 119 Å². The molecular formula is C38H40Zr. The first-order valence-corrected chi connectivity index (χ1v) is 16.4. The first-order valence-electron chi connectivity index (χ1n) is 14.9. The van der Waals surface area contributed by atoms with Crippen molar-refractivity contribution >= 4 is 3.71 Å². The molecule has 0 N–H and O–H groups in total. The van der Waals surface area contributed by atoms with E-state index in [0.717, 1.165) is 24.2 Å². The fourth-order valence-corrected chi connectivity index (χ4v) is 9.02. The summed E-state index contributed by atoms with van der Waals surface area (Å²) in [6.07, 6.45) is 17.8. The fraction of sp³-hybridized carbons (Fsp3) is 0.395. The van der Waals surface area contributed by atoms with Crippen molar-refractivity contribution in [3.63, 3.8) is 0 Å². The SMILES string of the molecule is CC1=[C-]C(C)C=C1CC12CC3CC(CC(C3)C1)C2.[Zr+2]=[CH]c1ccccc1.[c-]1cccc2c1Cc1ccccc1-2. The van der Waals surface area contributed by atoms with Crippen LogP contribution in [0.15, 0.2) is 90.0 Å². The van der Waals surface area contributed by atoms with Gasteiger partial charge in [0.25, 0.3) is 0 Å². The van der Waals surface area contributed by atoms with Crippen LogP contribution in [0, 0.1) is 41.2 Å². The Morgan fingerprint density at radius 1 is 0.846 bits per heavy atom. The van der Waals surface area contributed by atoms with Gasteiger partial charge in [0.15, 0.2) is 0 Å². The zero-order valence-electron chi connectivity index (χ0n) is 23.5. The summed E-state index contributed by atoms with van der Waals surface area (Å²) in [4.78, 5) is 0. The van der Waals surface area contributed by atoms with Crippen LogP contribution in [0.5, 0.6) is 0 Å². The minimum atomic E-state index is 0.564. The second-order valence-corrected chi connectivity index (χ2v) is 13.5. The van der Waals surface area contributed by atoms with Crippen molar-refractivity contribution in [2.45, 2.75) is 65.2 Å². The monoisotopic (exact) mass is 586 g/mol. The molecule has 1 atom stereocenters. The zero-order chi connectivity index (χ0) is 26.8. The van der Waals surface area contributed by atoms with Gasteiger partial charge in [-0.2, -0.15) is 41.5 Å². The number of benzene rings is 3. The Hall–Kier alpha value is -2.11. The van der Waals surface area contributed by atoms with Crippen LogP contribution in [0.2, 0.25) is 0 Å². The van der Waals surface area contributed by atoms with Gasteiger partial charge >= 0.3 is 63.8 Å². The largest absolute Gasteiger partial charge is 0.179 e. The Labute approximate surface area is 251 Å². The van der Waals surface area contributed by atoms with Crippen LogP contribution >= 0.6 is 0 Å². The summed E-state index contributed by atoms with van der Waals surface area (Å²) in [6, 6.07) is 28.5. The van der Waals surface area contributed by atoms with Crippen LogP contribution in [0.3, 0.4) is 0 Å². The van der Waals surface area contributed by atoms with E-state index in [9.17, 15) is 0 Å². The van der Waals surface area contributed by atoms with Crippen LogP contribution < -0.4 is 0 Å². The van der Waals surface area contributed by atoms with E-state index in [0.29, 0.717) is 11.3 Å². The Kier molecular flexibility index (Phi) is 8.18. The number of fused-ring (bicyclic) bond motifs is 3. The molecule has 39 heavy (non-hydrogen) atoms. The van der Waals surface area contributed by atoms with Gasteiger partial charge in [0.1, 0.15) is 0 Å². The Balaban J connectivity index is 0.000000115. The van der Waals surface area contributed by atoms with Crippen LogP contribution in [-0.2, 0) is 30.7 Å². The van der Waals surface area contributed by atoms with Gasteiger partial charge in [-0.15, -0.1) is 5.56 Å². The molecule has 3 aromatic rings. The average Bonchev–Trinajstić information content (AvgIpc) is 3.47. The second kappa shape index (κ2) is 11.8. The number of allylic oxidation sites excluding steroid dienone is 4. The third kappa shape index (κ3) is 6.15. The van der Waals surface area contributed by atoms with Gasteiger partial charge in [0.05, 0.1) is 0 Å². The summed E-state index contributed by atoms with van der Waals surface area (Å²) >= 11 is 1.46. The van der Waals surface area contributed by atoms with E-state index in [4.69, 9.17) is 0 Å². The molecule has 0 aliphatic heterocycles. The predicted molar refractivity (Wildman–Crippen MR) is 160 cm³/mol. The van der Waals surface area contributed by atoms with E-state index < -0.39 is 0 Å². The van der Waals surface area contributed by atoms with Crippen molar-refractivity contribution < 1.29 is 24.2 Å². The quantitative estimate of drug-likeness (QED) is 0.210. The molecule has 3 aromatic carbocycles. The zero-order valence-corrected chi connectivity index (χ0v) is 26.0. The van der Waals surface area contributed by atoms with E-state index in [-0.39, 0.29) is 0 Å². The molecule has 0 heterocycles. The molecule has 0 aromatic heterocycles. The molecule has 4 bridgehead atoms. The van der Waals surface area contributed by atoms with E-state index in [1.165, 1.54) is 64.0 Å². The van der Waals surface area contributed by atoms with E-state index >= 15 is 0 Å². The first kappa shape index (κ1) is 27.1. The molecule has 0 nitrogen and oxygen atoms in total. The summed E-state index contributed by atoms with van der Waals surface area (Å²) in [5.41, 5.74) is 10.6. The van der Waals surface area contributed by atoms with Crippen molar-refractivity contribution in [2.24, 2.45) is 29.1 Å². The molecule has 1 unspecified atom stereocenters. The topological polar surface area (TPSA) is 0 Å². The number of hydrogen-bond acceptors (Lipinski definition) is 0. The van der Waals surface area contributed by atoms with Gasteiger partial charge in [-0.1, -0.05) is 61.6 Å². The summed E-state index contributed by atoms with van der Waals surface area (Å²) in [5.74, 6) is 3.82. The summed E-state index contributed by atoms with van der Waals surface area (Å²) in [6.45, 7) is 4.55. The van der Waals surface area contributed by atoms with Gasteiger partial charge in [-0.05, 0) is 68.1 Å². The van der Waals surface area contributed by atoms with Crippen LogP contribution in [-0.4, -0.2) is 3.71 Å². The molecule has 4 saturated carbocycles. The molecule has 1 heteroatoms. The fourth-order valence-electron chi connectivity index (χ4n) is 8.55. The van der Waals surface area contributed by atoms with Gasteiger partial charge in [-0.25, -0.2) is 5.57 Å². The molecule has 9 rings (SSSR count). The molecule has 6 aliphatic rings. The first-order chi connectivity index (χ1) is 19.0. The van der Waals surface area contributed by atoms with Crippen molar-refractivity contribution in [2.75, 3.05) is 0 Å². The second-order valence-electron chi connectivity index (χ2n) is 12.8. The van der Waals surface area contributed by atoms with Crippen LogP contribution in [0.4, 0.5) is 0 Å². The minimum absolute atomic E-state index is 0.564. The van der Waals surface area contributed by atoms with Gasteiger partial charge < -0.3 is 0 Å². The molecule has 0 saturated heterocycles. The van der Waals surface area contributed by atoms with Gasteiger partial charge in [0, 0.05) is 0 Å². The third-order valence-electron chi connectivity index (χ3n) is 9.69. The third-order valence-corrected chi connectivity index (χ3v) is 10.5. The van der Waals surface area contributed by atoms with Crippen LogP contribution in [0.1, 0.15) is 75.5 Å².